The van der Waals surface area contributed by atoms with E-state index in [1.165, 1.54) is 6.33 Å². The van der Waals surface area contributed by atoms with Crippen LogP contribution in [0.2, 0.25) is 0 Å². The minimum atomic E-state index is -1.44. The van der Waals surface area contributed by atoms with Crippen molar-refractivity contribution in [3.05, 3.63) is 79.0 Å². The molecule has 7 atom stereocenters. The van der Waals surface area contributed by atoms with Gasteiger partial charge in [-0.15, -0.1) is 0 Å². The summed E-state index contributed by atoms with van der Waals surface area (Å²) < 4.78 is 9.64. The van der Waals surface area contributed by atoms with Crippen LogP contribution in [0.4, 0.5) is 11.5 Å². The van der Waals surface area contributed by atoms with Crippen LogP contribution in [0.1, 0.15) is 11.8 Å². The van der Waals surface area contributed by atoms with E-state index in [0.717, 1.165) is 11.3 Å². The van der Waals surface area contributed by atoms with Crippen molar-refractivity contribution in [1.29, 1.82) is 0 Å². The van der Waals surface area contributed by atoms with Crippen LogP contribution in [-0.4, -0.2) is 75.4 Å². The normalized spacial score (nSPS) is 31.7. The summed E-state index contributed by atoms with van der Waals surface area (Å²) in [7, 11) is 1.81. The van der Waals surface area contributed by atoms with Gasteiger partial charge in [-0.05, 0) is 24.3 Å². The molecule has 0 spiro atoms. The summed E-state index contributed by atoms with van der Waals surface area (Å²) in [6, 6.07) is 9.78. The molecule has 12 heteroatoms. The molecule has 4 aliphatic heterocycles. The Morgan fingerprint density at radius 2 is 2.00 bits per heavy atom. The van der Waals surface area contributed by atoms with E-state index < -0.39 is 24.5 Å². The van der Waals surface area contributed by atoms with Gasteiger partial charge in [0.05, 0.1) is 16.8 Å². The number of anilines is 2. The topological polar surface area (TPSA) is 145 Å². The van der Waals surface area contributed by atoms with E-state index in [9.17, 15) is 15.0 Å². The Hall–Kier alpha value is -4.36. The predicted molar refractivity (Wildman–Crippen MR) is 144 cm³/mol. The number of nitrogens with zero attached hydrogens (tertiary/aromatic N) is 7. The first-order valence-corrected chi connectivity index (χ1v) is 13.2. The zero-order valence-corrected chi connectivity index (χ0v) is 21.5. The number of aromatic nitrogens is 5. The van der Waals surface area contributed by atoms with E-state index in [0.29, 0.717) is 28.8 Å². The van der Waals surface area contributed by atoms with Crippen LogP contribution in [-0.2, 0) is 23.1 Å². The number of rotatable bonds is 3. The lowest BCUT2D eigenvalue weighted by atomic mass is 10.1. The first-order chi connectivity index (χ1) is 19.4. The Morgan fingerprint density at radius 1 is 1.15 bits per heavy atom. The average Bonchev–Trinajstić information content (AvgIpc) is 3.11. The number of carbonyl (C=O) groups excluding carboxylic acids is 1. The molecule has 4 N–H and O–H groups in total. The molecule has 1 amide bonds. The smallest absolute Gasteiger partial charge is 0.348 e. The van der Waals surface area contributed by atoms with Gasteiger partial charge in [0.25, 0.3) is 0 Å². The molecule has 0 aliphatic carbocycles. The number of quaternary nitrogens is 1. The number of aliphatic hydroxyl groups excluding tert-OH is 2. The number of fused-ring (bicyclic) bond motifs is 4. The fourth-order valence-electron chi connectivity index (χ4n) is 6.78. The molecular weight excluding hydrogens is 512 g/mol. The lowest BCUT2D eigenvalue weighted by molar-refractivity contribution is -0.762. The molecule has 2 fully saturated rings. The van der Waals surface area contributed by atoms with E-state index in [1.807, 2.05) is 61.9 Å². The zero-order valence-electron chi connectivity index (χ0n) is 21.5. The van der Waals surface area contributed by atoms with E-state index in [4.69, 9.17) is 10.5 Å². The highest BCUT2D eigenvalue weighted by Crippen LogP contribution is 2.54. The number of hydrogen-bond donors (Lipinski definition) is 3. The van der Waals surface area contributed by atoms with Crippen molar-refractivity contribution in [2.45, 2.75) is 43.3 Å². The monoisotopic (exact) mass is 539 g/mol. The van der Waals surface area contributed by atoms with Crippen molar-refractivity contribution in [1.82, 2.24) is 24.3 Å². The molecule has 4 aromatic rings. The Balaban J connectivity index is 1.18. The molecule has 7 heterocycles. The van der Waals surface area contributed by atoms with E-state index >= 15 is 0 Å². The number of amides is 1. The SMILES string of the molecule is Cn1ccc(-c2cn([C@@H]3O[C@H](C(=O)[N+]45Cc6ccccc6N6C=CC=CC4C65)[C@@H](O)[C@H]3O)c3ncnc(N)c23)n1. The van der Waals surface area contributed by atoms with Crippen molar-refractivity contribution < 1.29 is 24.2 Å². The Bertz CT molecular complexity index is 1760. The van der Waals surface area contributed by atoms with E-state index in [2.05, 4.69) is 26.0 Å². The van der Waals surface area contributed by atoms with Crippen LogP contribution in [0, 0.1) is 0 Å². The highest BCUT2D eigenvalue weighted by Gasteiger charge is 2.76. The van der Waals surface area contributed by atoms with Crippen LogP contribution in [0.5, 0.6) is 0 Å². The Kier molecular flexibility index (Phi) is 4.75. The number of nitrogen functional groups attached to an aromatic ring is 1. The first-order valence-electron chi connectivity index (χ1n) is 13.2. The van der Waals surface area contributed by atoms with Gasteiger partial charge in [0.2, 0.25) is 12.3 Å². The zero-order chi connectivity index (χ0) is 27.3. The van der Waals surface area contributed by atoms with Crippen molar-refractivity contribution in [2.75, 3.05) is 10.6 Å². The minimum Gasteiger partial charge on any atom is -0.387 e. The second-order valence-corrected chi connectivity index (χ2v) is 10.8. The lowest BCUT2D eigenvalue weighted by Gasteiger charge is -2.32. The Labute approximate surface area is 228 Å². The fraction of sp³-hybridized carbons (Fsp3) is 0.286. The molecule has 12 nitrogen and oxygen atoms in total. The van der Waals surface area contributed by atoms with Crippen molar-refractivity contribution in [3.8, 4) is 11.3 Å². The predicted octanol–water partition coefficient (Wildman–Crippen LogP) is 1.19. The number of ether oxygens (including phenoxy) is 1. The van der Waals surface area contributed by atoms with Crippen LogP contribution in [0.25, 0.3) is 22.3 Å². The summed E-state index contributed by atoms with van der Waals surface area (Å²) in [5.41, 5.74) is 10.1. The molecule has 8 rings (SSSR count). The fourth-order valence-corrected chi connectivity index (χ4v) is 6.78. The molecule has 202 valence electrons. The van der Waals surface area contributed by atoms with E-state index in [1.54, 1.807) is 15.4 Å². The number of allylic oxidation sites excluding steroid dienone is 2. The van der Waals surface area contributed by atoms with Gasteiger partial charge in [0, 0.05) is 36.8 Å². The van der Waals surface area contributed by atoms with Gasteiger partial charge in [0.15, 0.2) is 12.3 Å². The summed E-state index contributed by atoms with van der Waals surface area (Å²) in [6.45, 7) is 0.479. The molecule has 40 heavy (non-hydrogen) atoms. The quantitative estimate of drug-likeness (QED) is 0.258. The largest absolute Gasteiger partial charge is 0.387 e. The van der Waals surface area contributed by atoms with Crippen LogP contribution in [0.3, 0.4) is 0 Å². The van der Waals surface area contributed by atoms with Crippen molar-refractivity contribution >= 4 is 28.4 Å². The lowest BCUT2D eigenvalue weighted by Crippen LogP contribution is -2.52. The number of aryl methyl sites for hydroxylation is 1. The molecule has 0 radical (unpaired) electrons. The summed E-state index contributed by atoms with van der Waals surface area (Å²) in [5, 5.41) is 27.5. The Morgan fingerprint density at radius 3 is 2.83 bits per heavy atom. The number of carbonyl (C=O) groups is 1. The van der Waals surface area contributed by atoms with Gasteiger partial charge >= 0.3 is 5.91 Å². The highest BCUT2D eigenvalue weighted by atomic mass is 16.6. The third kappa shape index (κ3) is 2.98. The molecule has 4 aliphatic rings. The van der Waals surface area contributed by atoms with Gasteiger partial charge < -0.3 is 25.3 Å². The molecule has 0 saturated carbocycles. The number of aliphatic hydroxyl groups is 2. The van der Waals surface area contributed by atoms with Gasteiger partial charge in [-0.1, -0.05) is 24.3 Å². The maximum atomic E-state index is 14.3. The number of benzene rings is 1. The van der Waals surface area contributed by atoms with Crippen molar-refractivity contribution in [2.24, 2.45) is 7.05 Å². The first kappa shape index (κ1) is 23.5. The van der Waals surface area contributed by atoms with Gasteiger partial charge in [-0.2, -0.15) is 5.10 Å². The second kappa shape index (κ2) is 8.08. The minimum absolute atomic E-state index is 0.0970. The van der Waals surface area contributed by atoms with Gasteiger partial charge in [0.1, 0.15) is 36.5 Å². The van der Waals surface area contributed by atoms with Crippen LogP contribution >= 0.6 is 0 Å². The maximum absolute atomic E-state index is 14.3. The molecule has 2 saturated heterocycles. The summed E-state index contributed by atoms with van der Waals surface area (Å²) in [5.74, 6) is -0.0152. The van der Waals surface area contributed by atoms with Crippen LogP contribution in [0.15, 0.2) is 73.5 Å². The van der Waals surface area contributed by atoms with Gasteiger partial charge in [-0.3, -0.25) is 9.58 Å². The van der Waals surface area contributed by atoms with Crippen molar-refractivity contribution in [3.63, 3.8) is 0 Å². The number of nitrogens with two attached hydrogens (primary N) is 1. The van der Waals surface area contributed by atoms with Gasteiger partial charge in [-0.25, -0.2) is 19.2 Å². The summed E-state index contributed by atoms with van der Waals surface area (Å²) in [6.07, 6.45) is 7.54. The molecule has 1 aromatic carbocycles. The third-order valence-electron chi connectivity index (χ3n) is 8.67. The second-order valence-electron chi connectivity index (χ2n) is 10.8. The highest BCUT2D eigenvalue weighted by molar-refractivity contribution is 6.00. The van der Waals surface area contributed by atoms with Crippen LogP contribution < -0.4 is 10.6 Å². The summed E-state index contributed by atoms with van der Waals surface area (Å²) >= 11 is 0. The van der Waals surface area contributed by atoms with E-state index in [-0.39, 0.29) is 28.4 Å². The maximum Gasteiger partial charge on any atom is 0.348 e. The summed E-state index contributed by atoms with van der Waals surface area (Å²) in [4.78, 5) is 25.0. The number of hydrogen-bond acceptors (Lipinski definition) is 9. The standard InChI is InChI=1S/C28H27N8O4/c1-33-11-9-17(32-33)16-12-35(25-20(16)24(29)30-14-31-25)27-22(38)21(37)23(40-27)28(39)36-13-15-6-2-3-7-18(15)34-10-5-4-8-19(36)26(34)36/h2-12,14,19,21-23,26-27,37-38H,13H2,1H3,(H2,29,30,31)/q+1/t19?,21-,22+,23-,26?,27+,36?/m0/s1. The third-order valence-corrected chi connectivity index (χ3v) is 8.67. The molecule has 3 aromatic heterocycles. The number of para-hydroxylation sites is 1. The average molecular weight is 540 g/mol. The molecular formula is C28H27N8O4+. The molecule has 0 bridgehead atoms. The molecule has 3 unspecified atom stereocenters.